The fourth-order valence-electron chi connectivity index (χ4n) is 3.33. The Kier molecular flexibility index (Phi) is 7.51. The van der Waals surface area contributed by atoms with E-state index in [-0.39, 0.29) is 0 Å². The average molecular weight is 333 g/mol. The van der Waals surface area contributed by atoms with E-state index in [1.54, 1.807) is 5.56 Å². The summed E-state index contributed by atoms with van der Waals surface area (Å²) in [5, 5.41) is 6.31. The van der Waals surface area contributed by atoms with E-state index in [2.05, 4.69) is 68.3 Å². The maximum absolute atomic E-state index is 4.27. The molecule has 0 amide bonds. The Balaban J connectivity index is 0.000000185. The molecule has 1 aliphatic carbocycles. The minimum absolute atomic E-state index is 0.467. The molecule has 3 heteroatoms. The lowest BCUT2D eigenvalue weighted by Gasteiger charge is -2.26. The fraction of sp³-hybridized carbons (Fsp3) is 0.600. The first kappa shape index (κ1) is 18.4. The normalized spacial score (nSPS) is 27.3. The number of aryl methyl sites for hydroxylation is 1. The van der Waals surface area contributed by atoms with Crippen molar-refractivity contribution < 1.29 is 0 Å². The van der Waals surface area contributed by atoms with Gasteiger partial charge in [0.1, 0.15) is 0 Å². The van der Waals surface area contributed by atoms with Crippen LogP contribution in [0.25, 0.3) is 0 Å². The van der Waals surface area contributed by atoms with Crippen LogP contribution in [0.2, 0.25) is 0 Å². The minimum Gasteiger partial charge on any atom is -0.378 e. The number of benzene rings is 1. The van der Waals surface area contributed by atoms with E-state index in [1.807, 2.05) is 6.20 Å². The number of hydrogen-bond donors (Lipinski definition) is 3. The van der Waals surface area contributed by atoms with Gasteiger partial charge in [-0.15, -0.1) is 12.6 Å². The van der Waals surface area contributed by atoms with Crippen LogP contribution >= 0.6 is 12.6 Å². The van der Waals surface area contributed by atoms with Gasteiger partial charge >= 0.3 is 0 Å². The molecule has 128 valence electrons. The molecule has 0 bridgehead atoms. The molecular weight excluding hydrogens is 300 g/mol. The number of thiol groups is 1. The van der Waals surface area contributed by atoms with Gasteiger partial charge in [0.25, 0.3) is 0 Å². The highest BCUT2D eigenvalue weighted by atomic mass is 32.1. The van der Waals surface area contributed by atoms with Gasteiger partial charge in [0.05, 0.1) is 6.67 Å². The van der Waals surface area contributed by atoms with Crippen LogP contribution in [0.15, 0.2) is 35.4 Å². The Bertz CT molecular complexity index is 487. The zero-order valence-corrected chi connectivity index (χ0v) is 15.7. The van der Waals surface area contributed by atoms with Crippen molar-refractivity contribution >= 4 is 12.6 Å². The molecule has 0 saturated heterocycles. The zero-order chi connectivity index (χ0) is 16.7. The van der Waals surface area contributed by atoms with Gasteiger partial charge < -0.3 is 5.32 Å². The molecule has 1 unspecified atom stereocenters. The van der Waals surface area contributed by atoms with Gasteiger partial charge in [0.15, 0.2) is 0 Å². The third-order valence-corrected chi connectivity index (χ3v) is 5.47. The summed E-state index contributed by atoms with van der Waals surface area (Å²) in [4.78, 5) is 1.10. The lowest BCUT2D eigenvalue weighted by molar-refractivity contribution is 0.348. The van der Waals surface area contributed by atoms with Crippen LogP contribution in [0.4, 0.5) is 0 Å². The molecule has 1 fully saturated rings. The van der Waals surface area contributed by atoms with Crippen molar-refractivity contribution in [3.05, 3.63) is 46.5 Å². The number of rotatable bonds is 2. The molecule has 2 nitrogen and oxygen atoms in total. The SMILES string of the molecule is CCC1NCNC=C1S.Cc1ccc(C2CCC(C)CC2)cc1. The van der Waals surface area contributed by atoms with Gasteiger partial charge in [-0.3, -0.25) is 5.32 Å². The number of hydrogen-bond acceptors (Lipinski definition) is 3. The van der Waals surface area contributed by atoms with E-state index < -0.39 is 0 Å². The highest BCUT2D eigenvalue weighted by Gasteiger charge is 2.19. The molecule has 1 heterocycles. The Hall–Kier alpha value is -0.930. The third kappa shape index (κ3) is 5.89. The van der Waals surface area contributed by atoms with Gasteiger partial charge in [-0.25, -0.2) is 0 Å². The Labute approximate surface area is 147 Å². The molecule has 0 spiro atoms. The van der Waals surface area contributed by atoms with Crippen molar-refractivity contribution in [1.29, 1.82) is 0 Å². The molecular formula is C20H32N2S. The Morgan fingerprint density at radius 2 is 1.74 bits per heavy atom. The predicted molar refractivity (Wildman–Crippen MR) is 104 cm³/mol. The molecule has 2 N–H and O–H groups in total. The summed E-state index contributed by atoms with van der Waals surface area (Å²) in [6.07, 6.45) is 8.68. The van der Waals surface area contributed by atoms with E-state index in [4.69, 9.17) is 0 Å². The van der Waals surface area contributed by atoms with Crippen LogP contribution in [0, 0.1) is 12.8 Å². The monoisotopic (exact) mass is 332 g/mol. The maximum atomic E-state index is 4.27. The summed E-state index contributed by atoms with van der Waals surface area (Å²) in [5.41, 5.74) is 2.93. The first-order valence-electron chi connectivity index (χ1n) is 9.02. The van der Waals surface area contributed by atoms with E-state index in [0.29, 0.717) is 6.04 Å². The van der Waals surface area contributed by atoms with Gasteiger partial charge in [-0.1, -0.05) is 56.5 Å². The maximum Gasteiger partial charge on any atom is 0.0653 e. The summed E-state index contributed by atoms with van der Waals surface area (Å²) in [6, 6.07) is 9.58. The summed E-state index contributed by atoms with van der Waals surface area (Å²) in [6.45, 7) is 7.55. The van der Waals surface area contributed by atoms with E-state index in [0.717, 1.165) is 29.8 Å². The molecule has 1 aliphatic heterocycles. The first-order chi connectivity index (χ1) is 11.1. The van der Waals surface area contributed by atoms with Gasteiger partial charge in [0, 0.05) is 17.1 Å². The van der Waals surface area contributed by atoms with Crippen LogP contribution in [-0.2, 0) is 0 Å². The lowest BCUT2D eigenvalue weighted by Crippen LogP contribution is -2.39. The van der Waals surface area contributed by atoms with Gasteiger partial charge in [0.2, 0.25) is 0 Å². The minimum atomic E-state index is 0.467. The van der Waals surface area contributed by atoms with Crippen LogP contribution in [0.3, 0.4) is 0 Å². The van der Waals surface area contributed by atoms with E-state index in [1.165, 1.54) is 31.2 Å². The molecule has 1 aromatic carbocycles. The highest BCUT2D eigenvalue weighted by Crippen LogP contribution is 2.35. The molecule has 23 heavy (non-hydrogen) atoms. The first-order valence-corrected chi connectivity index (χ1v) is 9.47. The Morgan fingerprint density at radius 1 is 1.09 bits per heavy atom. The zero-order valence-electron chi connectivity index (χ0n) is 14.8. The van der Waals surface area contributed by atoms with Crippen LogP contribution < -0.4 is 10.6 Å². The third-order valence-electron chi connectivity index (χ3n) is 5.03. The lowest BCUT2D eigenvalue weighted by atomic mass is 9.79. The van der Waals surface area contributed by atoms with Crippen molar-refractivity contribution in [3.8, 4) is 0 Å². The number of nitrogens with one attached hydrogen (secondary N) is 2. The largest absolute Gasteiger partial charge is 0.378 e. The second-order valence-electron chi connectivity index (χ2n) is 6.98. The smallest absolute Gasteiger partial charge is 0.0653 e. The molecule has 1 aromatic rings. The van der Waals surface area contributed by atoms with E-state index in [9.17, 15) is 0 Å². The second-order valence-corrected chi connectivity index (χ2v) is 7.50. The van der Waals surface area contributed by atoms with E-state index >= 15 is 0 Å². The second kappa shape index (κ2) is 9.39. The highest BCUT2D eigenvalue weighted by molar-refractivity contribution is 7.84. The van der Waals surface area contributed by atoms with Gasteiger partial charge in [-0.05, 0) is 43.6 Å². The molecule has 2 aliphatic rings. The summed E-state index contributed by atoms with van der Waals surface area (Å²) >= 11 is 4.27. The molecule has 3 rings (SSSR count). The Morgan fingerprint density at radius 3 is 2.26 bits per heavy atom. The molecule has 0 aromatic heterocycles. The van der Waals surface area contributed by atoms with Crippen molar-refractivity contribution in [2.75, 3.05) is 6.67 Å². The van der Waals surface area contributed by atoms with Gasteiger partial charge in [-0.2, -0.15) is 0 Å². The molecule has 1 saturated carbocycles. The van der Waals surface area contributed by atoms with Crippen LogP contribution in [0.5, 0.6) is 0 Å². The topological polar surface area (TPSA) is 24.1 Å². The van der Waals surface area contributed by atoms with Crippen molar-refractivity contribution in [2.45, 2.75) is 64.8 Å². The van der Waals surface area contributed by atoms with Crippen molar-refractivity contribution in [2.24, 2.45) is 5.92 Å². The molecule has 0 radical (unpaired) electrons. The van der Waals surface area contributed by atoms with Crippen molar-refractivity contribution in [1.82, 2.24) is 10.6 Å². The van der Waals surface area contributed by atoms with Crippen LogP contribution in [-0.4, -0.2) is 12.7 Å². The summed E-state index contributed by atoms with van der Waals surface area (Å²) in [5.74, 6) is 1.79. The summed E-state index contributed by atoms with van der Waals surface area (Å²) < 4.78 is 0. The van der Waals surface area contributed by atoms with Crippen LogP contribution in [0.1, 0.15) is 63.0 Å². The summed E-state index contributed by atoms with van der Waals surface area (Å²) in [7, 11) is 0. The standard InChI is InChI=1S/C14H20.C6H12N2S/c1-11-3-7-13(8-4-11)14-9-5-12(2)6-10-14;1-2-5-6(9)3-7-4-8-5/h3-4,7-8,12,14H,5-6,9-10H2,1-2H3;3,5,7-9H,2,4H2,1H3. The predicted octanol–water partition coefficient (Wildman–Crippen LogP) is 4.98. The van der Waals surface area contributed by atoms with Crippen molar-refractivity contribution in [3.63, 3.8) is 0 Å². The quantitative estimate of drug-likeness (QED) is 0.666. The average Bonchev–Trinajstić information content (AvgIpc) is 2.57. The fourth-order valence-corrected chi connectivity index (χ4v) is 3.69. The molecule has 1 atom stereocenters.